The molecule has 0 fully saturated rings. The number of esters is 1. The summed E-state index contributed by atoms with van der Waals surface area (Å²) >= 11 is 2.83. The summed E-state index contributed by atoms with van der Waals surface area (Å²) in [5.41, 5.74) is 1.41. The number of nitrogens with zero attached hydrogens (tertiary/aromatic N) is 2. The van der Waals surface area contributed by atoms with E-state index in [1.807, 2.05) is 19.1 Å². The van der Waals surface area contributed by atoms with E-state index < -0.39 is 5.25 Å². The Kier molecular flexibility index (Phi) is 6.16. The number of hydrogen-bond acceptors (Lipinski definition) is 7. The first kappa shape index (κ1) is 19.8. The van der Waals surface area contributed by atoms with Gasteiger partial charge in [0.1, 0.15) is 11.0 Å². The first-order valence-corrected chi connectivity index (χ1v) is 10.5. The van der Waals surface area contributed by atoms with Crippen LogP contribution in [0.4, 0.5) is 0 Å². The summed E-state index contributed by atoms with van der Waals surface area (Å²) in [7, 11) is 2.97. The molecule has 0 spiro atoms. The van der Waals surface area contributed by atoms with Gasteiger partial charge in [-0.2, -0.15) is 0 Å². The van der Waals surface area contributed by atoms with Crippen molar-refractivity contribution in [3.63, 3.8) is 0 Å². The maximum Gasteiger partial charge on any atom is 0.319 e. The Hall–Kier alpha value is -1.93. The molecule has 1 aromatic heterocycles. The average Bonchev–Trinajstić information content (AvgIpc) is 3.06. The fourth-order valence-electron chi connectivity index (χ4n) is 2.89. The second-order valence-corrected chi connectivity index (χ2v) is 8.80. The molecule has 1 aliphatic rings. The van der Waals surface area contributed by atoms with Gasteiger partial charge in [0.2, 0.25) is 0 Å². The van der Waals surface area contributed by atoms with Crippen LogP contribution in [0.2, 0.25) is 0 Å². The molecule has 0 saturated heterocycles. The van der Waals surface area contributed by atoms with E-state index in [1.165, 1.54) is 18.9 Å². The normalized spacial score (nSPS) is 16.7. The minimum absolute atomic E-state index is 0.0956. The summed E-state index contributed by atoms with van der Waals surface area (Å²) in [6.45, 7) is 4.00. The molecule has 1 aliphatic heterocycles. The largest absolute Gasteiger partial charge is 0.497 e. The van der Waals surface area contributed by atoms with E-state index in [4.69, 9.17) is 14.5 Å². The standard InChI is InChI=1S/C19H22N2O4S2/c1-5-15(18(23)25-4)27-19-20-14-10-11(2)26-16(14)17(22)21(19)12-6-8-13(24-3)9-7-12/h6-9,11,15H,5,10H2,1-4H3/t11-,15-/m0/s1. The highest BCUT2D eigenvalue weighted by molar-refractivity contribution is 8.00. The molecule has 144 valence electrons. The lowest BCUT2D eigenvalue weighted by molar-refractivity contribution is -0.140. The fourth-order valence-corrected chi connectivity index (χ4v) is 5.07. The number of aromatic nitrogens is 2. The second-order valence-electron chi connectivity index (χ2n) is 6.18. The Bertz CT molecular complexity index is 896. The fraction of sp³-hybridized carbons (Fsp3) is 0.421. The van der Waals surface area contributed by atoms with Crippen LogP contribution in [-0.4, -0.2) is 40.2 Å². The van der Waals surface area contributed by atoms with Crippen molar-refractivity contribution in [3.8, 4) is 11.4 Å². The molecule has 0 saturated carbocycles. The van der Waals surface area contributed by atoms with E-state index in [2.05, 4.69) is 6.92 Å². The number of benzene rings is 1. The maximum absolute atomic E-state index is 13.2. The van der Waals surface area contributed by atoms with Crippen molar-refractivity contribution in [2.45, 2.75) is 47.2 Å². The van der Waals surface area contributed by atoms with Gasteiger partial charge in [0.25, 0.3) is 5.56 Å². The molecule has 27 heavy (non-hydrogen) atoms. The van der Waals surface area contributed by atoms with Crippen LogP contribution in [0.1, 0.15) is 26.0 Å². The Morgan fingerprint density at radius 3 is 2.67 bits per heavy atom. The zero-order valence-electron chi connectivity index (χ0n) is 15.7. The van der Waals surface area contributed by atoms with E-state index in [-0.39, 0.29) is 11.5 Å². The van der Waals surface area contributed by atoms with Crippen molar-refractivity contribution >= 4 is 29.5 Å². The Morgan fingerprint density at radius 1 is 1.37 bits per heavy atom. The van der Waals surface area contributed by atoms with Crippen LogP contribution in [0.25, 0.3) is 5.69 Å². The zero-order valence-corrected chi connectivity index (χ0v) is 17.4. The van der Waals surface area contributed by atoms with Gasteiger partial charge >= 0.3 is 5.97 Å². The summed E-state index contributed by atoms with van der Waals surface area (Å²) in [4.78, 5) is 30.7. The lowest BCUT2D eigenvalue weighted by atomic mass is 10.2. The van der Waals surface area contributed by atoms with Crippen molar-refractivity contribution < 1.29 is 14.3 Å². The van der Waals surface area contributed by atoms with Gasteiger partial charge < -0.3 is 9.47 Å². The monoisotopic (exact) mass is 406 g/mol. The molecule has 0 unspecified atom stereocenters. The van der Waals surface area contributed by atoms with Gasteiger partial charge in [-0.3, -0.25) is 14.2 Å². The maximum atomic E-state index is 13.2. The van der Waals surface area contributed by atoms with Crippen LogP contribution in [0.15, 0.2) is 39.1 Å². The average molecular weight is 407 g/mol. The number of fused-ring (bicyclic) bond motifs is 1. The van der Waals surface area contributed by atoms with Gasteiger partial charge in [-0.05, 0) is 30.7 Å². The first-order valence-electron chi connectivity index (χ1n) is 8.70. The van der Waals surface area contributed by atoms with E-state index in [0.29, 0.717) is 33.2 Å². The number of carbonyl (C=O) groups excluding carboxylic acids is 1. The van der Waals surface area contributed by atoms with Gasteiger partial charge in [-0.25, -0.2) is 4.98 Å². The van der Waals surface area contributed by atoms with Crippen LogP contribution in [0, 0.1) is 0 Å². The van der Waals surface area contributed by atoms with Gasteiger partial charge in [0.15, 0.2) is 5.16 Å². The summed E-state index contributed by atoms with van der Waals surface area (Å²) in [5, 5.41) is 0.402. The van der Waals surface area contributed by atoms with E-state index >= 15 is 0 Å². The van der Waals surface area contributed by atoms with Crippen LogP contribution < -0.4 is 10.3 Å². The van der Waals surface area contributed by atoms with Crippen LogP contribution in [0.5, 0.6) is 5.75 Å². The number of rotatable bonds is 6. The molecule has 0 bridgehead atoms. The topological polar surface area (TPSA) is 70.4 Å². The molecular weight excluding hydrogens is 384 g/mol. The van der Waals surface area contributed by atoms with Crippen molar-refractivity contribution in [3.05, 3.63) is 40.3 Å². The van der Waals surface area contributed by atoms with Crippen LogP contribution in [0.3, 0.4) is 0 Å². The van der Waals surface area contributed by atoms with Crippen molar-refractivity contribution in [2.24, 2.45) is 0 Å². The molecule has 3 rings (SSSR count). The predicted molar refractivity (Wildman–Crippen MR) is 107 cm³/mol. The SMILES string of the molecule is CC[C@H](Sc1nc2c(c(=O)n1-c1ccc(OC)cc1)S[C@@H](C)C2)C(=O)OC. The van der Waals surface area contributed by atoms with E-state index in [9.17, 15) is 9.59 Å². The third-order valence-corrected chi connectivity index (χ3v) is 6.80. The number of ether oxygens (including phenoxy) is 2. The third-order valence-electron chi connectivity index (χ3n) is 4.29. The second kappa shape index (κ2) is 8.39. The van der Waals surface area contributed by atoms with E-state index in [0.717, 1.165) is 12.1 Å². The summed E-state index contributed by atoms with van der Waals surface area (Å²) in [6.07, 6.45) is 1.33. The zero-order chi connectivity index (χ0) is 19.6. The number of thioether (sulfide) groups is 2. The predicted octanol–water partition coefficient (Wildman–Crippen LogP) is 3.32. The molecule has 0 radical (unpaired) electrons. The van der Waals surface area contributed by atoms with Crippen molar-refractivity contribution in [1.82, 2.24) is 9.55 Å². The molecule has 1 aromatic carbocycles. The third kappa shape index (κ3) is 4.01. The molecule has 8 heteroatoms. The quantitative estimate of drug-likeness (QED) is 0.414. The minimum atomic E-state index is -0.420. The lowest BCUT2D eigenvalue weighted by Gasteiger charge is -2.17. The Morgan fingerprint density at radius 2 is 2.07 bits per heavy atom. The number of hydrogen-bond donors (Lipinski definition) is 0. The molecule has 0 N–H and O–H groups in total. The van der Waals surface area contributed by atoms with Gasteiger partial charge in [0.05, 0.1) is 30.5 Å². The molecule has 2 atom stereocenters. The lowest BCUT2D eigenvalue weighted by Crippen LogP contribution is -2.26. The molecule has 2 heterocycles. The number of carbonyl (C=O) groups is 1. The highest BCUT2D eigenvalue weighted by atomic mass is 32.2. The van der Waals surface area contributed by atoms with Crippen molar-refractivity contribution in [1.29, 1.82) is 0 Å². The molecule has 2 aromatic rings. The Labute approximate surface area is 166 Å². The summed E-state index contributed by atoms with van der Waals surface area (Å²) in [5.74, 6) is 0.389. The van der Waals surface area contributed by atoms with Gasteiger partial charge in [-0.1, -0.05) is 25.6 Å². The van der Waals surface area contributed by atoms with E-state index in [1.54, 1.807) is 35.6 Å². The minimum Gasteiger partial charge on any atom is -0.497 e. The first-order chi connectivity index (χ1) is 13.0. The van der Waals surface area contributed by atoms with Gasteiger partial charge in [-0.15, -0.1) is 11.8 Å². The molecular formula is C19H22N2O4S2. The highest BCUT2D eigenvalue weighted by Gasteiger charge is 2.29. The highest BCUT2D eigenvalue weighted by Crippen LogP contribution is 2.36. The molecule has 0 amide bonds. The summed E-state index contributed by atoms with van der Waals surface area (Å²) < 4.78 is 11.7. The van der Waals surface area contributed by atoms with Crippen LogP contribution in [-0.2, 0) is 16.0 Å². The smallest absolute Gasteiger partial charge is 0.319 e. The van der Waals surface area contributed by atoms with Crippen LogP contribution >= 0.6 is 23.5 Å². The van der Waals surface area contributed by atoms with Crippen molar-refractivity contribution in [2.75, 3.05) is 14.2 Å². The molecule has 6 nitrogen and oxygen atoms in total. The van der Waals surface area contributed by atoms with Gasteiger partial charge in [0, 0.05) is 11.7 Å². The molecule has 0 aliphatic carbocycles. The summed E-state index contributed by atoms with van der Waals surface area (Å²) in [6, 6.07) is 7.24. The Balaban J connectivity index is 2.12. The number of methoxy groups -OCH3 is 2.